The fourth-order valence-corrected chi connectivity index (χ4v) is 10.6. The molecule has 0 saturated heterocycles. The molecule has 2 aliphatic rings. The average molecular weight is 717 g/mol. The third-order valence-corrected chi connectivity index (χ3v) is 13.1. The minimum atomic E-state index is 0.247. The van der Waals surface area contributed by atoms with Crippen LogP contribution in [0, 0.1) is 0 Å². The number of para-hydroxylation sites is 2. The van der Waals surface area contributed by atoms with E-state index in [0.29, 0.717) is 5.92 Å². The fraction of sp³-hybridized carbons (Fsp3) is 0.130. The SMILES string of the molecule is c1ccc(-c2ccc(C3CCC/C(C4CCc5cc6c7ccccc7n7c8c9ccccc9ccc8c(c5-c5ccccc54)c67)=N\c4ccccc43)cc2)cc1. The minimum absolute atomic E-state index is 0.247. The summed E-state index contributed by atoms with van der Waals surface area (Å²) in [5, 5.41) is 8.04. The van der Waals surface area contributed by atoms with E-state index in [2.05, 4.69) is 174 Å². The van der Waals surface area contributed by atoms with Crippen LogP contribution < -0.4 is 0 Å². The third kappa shape index (κ3) is 4.72. The predicted octanol–water partition coefficient (Wildman–Crippen LogP) is 14.4. The van der Waals surface area contributed by atoms with E-state index < -0.39 is 0 Å². The van der Waals surface area contributed by atoms with Gasteiger partial charge < -0.3 is 4.40 Å². The summed E-state index contributed by atoms with van der Waals surface area (Å²) in [7, 11) is 0. The second-order valence-corrected chi connectivity index (χ2v) is 16.0. The molecule has 3 heterocycles. The Balaban J connectivity index is 1.02. The van der Waals surface area contributed by atoms with E-state index in [9.17, 15) is 0 Å². The lowest BCUT2D eigenvalue weighted by atomic mass is 9.81. The summed E-state index contributed by atoms with van der Waals surface area (Å²) < 4.78 is 2.57. The van der Waals surface area contributed by atoms with Crippen molar-refractivity contribution in [1.82, 2.24) is 4.40 Å². The highest BCUT2D eigenvalue weighted by Crippen LogP contribution is 2.51. The first-order valence-corrected chi connectivity index (χ1v) is 20.3. The van der Waals surface area contributed by atoms with Gasteiger partial charge in [0.05, 0.1) is 22.2 Å². The van der Waals surface area contributed by atoms with E-state index in [0.717, 1.165) is 37.8 Å². The molecule has 2 aromatic heterocycles. The second-order valence-electron chi connectivity index (χ2n) is 16.0. The normalized spacial score (nSPS) is 18.0. The molecule has 0 spiro atoms. The van der Waals surface area contributed by atoms with Crippen LogP contribution >= 0.6 is 0 Å². The largest absolute Gasteiger partial charge is 0.307 e. The zero-order valence-corrected chi connectivity index (χ0v) is 31.3. The van der Waals surface area contributed by atoms with Crippen LogP contribution in [0.5, 0.6) is 0 Å². The molecule has 12 rings (SSSR count). The maximum Gasteiger partial charge on any atom is 0.0667 e. The number of aliphatic imine (C=N–C) groups is 1. The second kappa shape index (κ2) is 12.5. The molecule has 0 amide bonds. The van der Waals surface area contributed by atoms with Crippen LogP contribution in [0.1, 0.15) is 59.8 Å². The molecule has 266 valence electrons. The van der Waals surface area contributed by atoms with Crippen molar-refractivity contribution in [2.45, 2.75) is 43.9 Å². The molecule has 2 unspecified atom stereocenters. The zero-order chi connectivity index (χ0) is 36.7. The summed E-state index contributed by atoms with van der Waals surface area (Å²) in [6.07, 6.45) is 5.27. The Morgan fingerprint density at radius 2 is 1.23 bits per heavy atom. The molecule has 0 N–H and O–H groups in total. The van der Waals surface area contributed by atoms with Crippen molar-refractivity contribution in [2.75, 3.05) is 0 Å². The van der Waals surface area contributed by atoms with Crippen LogP contribution in [0.3, 0.4) is 0 Å². The van der Waals surface area contributed by atoms with Gasteiger partial charge in [0.15, 0.2) is 0 Å². The highest BCUT2D eigenvalue weighted by molar-refractivity contribution is 6.31. The van der Waals surface area contributed by atoms with Crippen LogP contribution in [0.25, 0.3) is 71.1 Å². The van der Waals surface area contributed by atoms with Crippen molar-refractivity contribution in [1.29, 1.82) is 0 Å². The smallest absolute Gasteiger partial charge is 0.0667 e. The van der Waals surface area contributed by atoms with Gasteiger partial charge in [0.25, 0.3) is 0 Å². The van der Waals surface area contributed by atoms with E-state index in [1.165, 1.54) is 99.1 Å². The Hall–Kier alpha value is -6.51. The van der Waals surface area contributed by atoms with Gasteiger partial charge in [-0.25, -0.2) is 0 Å². The monoisotopic (exact) mass is 716 g/mol. The molecule has 0 fully saturated rings. The third-order valence-electron chi connectivity index (χ3n) is 13.1. The first-order valence-electron chi connectivity index (χ1n) is 20.3. The molecule has 2 atom stereocenters. The summed E-state index contributed by atoms with van der Waals surface area (Å²) in [4.78, 5) is 5.69. The quantitative estimate of drug-likeness (QED) is 0.173. The van der Waals surface area contributed by atoms with Gasteiger partial charge in [-0.15, -0.1) is 0 Å². The van der Waals surface area contributed by atoms with Crippen molar-refractivity contribution in [3.63, 3.8) is 0 Å². The Morgan fingerprint density at radius 1 is 0.500 bits per heavy atom. The lowest BCUT2D eigenvalue weighted by Crippen LogP contribution is -2.16. The molecule has 8 aromatic carbocycles. The van der Waals surface area contributed by atoms with E-state index in [1.807, 2.05) is 0 Å². The number of aryl methyl sites for hydroxylation is 1. The Labute approximate surface area is 326 Å². The molecule has 0 bridgehead atoms. The Bertz CT molecular complexity index is 3170. The number of hydrogen-bond donors (Lipinski definition) is 0. The van der Waals surface area contributed by atoms with Crippen molar-refractivity contribution >= 4 is 60.3 Å². The van der Waals surface area contributed by atoms with Crippen LogP contribution in [-0.4, -0.2) is 10.1 Å². The van der Waals surface area contributed by atoms with Gasteiger partial charge >= 0.3 is 0 Å². The van der Waals surface area contributed by atoms with Crippen molar-refractivity contribution in [3.05, 3.63) is 192 Å². The Kier molecular flexibility index (Phi) is 7.11. The fourth-order valence-electron chi connectivity index (χ4n) is 10.6. The molecule has 56 heavy (non-hydrogen) atoms. The number of benzene rings is 8. The number of fused-ring (bicyclic) bond motifs is 13. The summed E-state index contributed by atoms with van der Waals surface area (Å²) in [6, 6.07) is 63.4. The minimum Gasteiger partial charge on any atom is -0.307 e. The summed E-state index contributed by atoms with van der Waals surface area (Å²) in [5.74, 6) is 0.566. The molecule has 1 aliphatic heterocycles. The Morgan fingerprint density at radius 3 is 2.12 bits per heavy atom. The van der Waals surface area contributed by atoms with Crippen LogP contribution in [0.2, 0.25) is 0 Å². The molecule has 0 saturated carbocycles. The van der Waals surface area contributed by atoms with Gasteiger partial charge in [0.1, 0.15) is 0 Å². The first kappa shape index (κ1) is 31.8. The first-order chi connectivity index (χ1) is 27.8. The van der Waals surface area contributed by atoms with Crippen molar-refractivity contribution in [2.24, 2.45) is 4.99 Å². The maximum atomic E-state index is 5.69. The van der Waals surface area contributed by atoms with Gasteiger partial charge in [-0.05, 0) is 100 Å². The molecule has 1 aliphatic carbocycles. The highest BCUT2D eigenvalue weighted by atomic mass is 14.9. The molecule has 2 heteroatoms. The van der Waals surface area contributed by atoms with E-state index in [1.54, 1.807) is 0 Å². The van der Waals surface area contributed by atoms with Crippen LogP contribution in [-0.2, 0) is 6.42 Å². The molecule has 10 aromatic rings. The lowest BCUT2D eigenvalue weighted by molar-refractivity contribution is 0.658. The van der Waals surface area contributed by atoms with Gasteiger partial charge in [0, 0.05) is 44.5 Å². The van der Waals surface area contributed by atoms with E-state index in [-0.39, 0.29) is 5.92 Å². The number of hydrogen-bond acceptors (Lipinski definition) is 1. The highest BCUT2D eigenvalue weighted by Gasteiger charge is 2.32. The standard InChI is InChI=1S/C54H40N2/c1-2-13-34(14-3-1)35-25-27-37(28-26-35)39-21-12-23-49(55-48-22-10-8-18-42(39)48)43-31-30-38-33-47-44-19-9-11-24-50(44)56-53-40-16-5-4-15-36(40)29-32-46(53)52(54(47)56)51(38)45-20-7-6-17-41(43)45/h1-11,13-20,22,24-29,32-33,39,43H,12,21,23,30-31H2/b55-49+. The van der Waals surface area contributed by atoms with Crippen LogP contribution in [0.15, 0.2) is 175 Å². The zero-order valence-electron chi connectivity index (χ0n) is 31.3. The van der Waals surface area contributed by atoms with Gasteiger partial charge in [-0.2, -0.15) is 0 Å². The molecule has 0 radical (unpaired) electrons. The van der Waals surface area contributed by atoms with Crippen molar-refractivity contribution < 1.29 is 0 Å². The van der Waals surface area contributed by atoms with Crippen LogP contribution in [0.4, 0.5) is 5.69 Å². The van der Waals surface area contributed by atoms with Gasteiger partial charge in [-0.3, -0.25) is 4.99 Å². The number of rotatable bonds is 3. The summed E-state index contributed by atoms with van der Waals surface area (Å²) in [5.41, 5.74) is 17.3. The number of nitrogens with zero attached hydrogens (tertiary/aromatic N) is 2. The topological polar surface area (TPSA) is 16.8 Å². The summed E-state index contributed by atoms with van der Waals surface area (Å²) in [6.45, 7) is 0. The molecular formula is C54H40N2. The van der Waals surface area contributed by atoms with Gasteiger partial charge in [-0.1, -0.05) is 152 Å². The summed E-state index contributed by atoms with van der Waals surface area (Å²) >= 11 is 0. The molecule has 2 nitrogen and oxygen atoms in total. The average Bonchev–Trinajstić information content (AvgIpc) is 3.71. The van der Waals surface area contributed by atoms with E-state index >= 15 is 0 Å². The maximum absolute atomic E-state index is 5.69. The van der Waals surface area contributed by atoms with Crippen molar-refractivity contribution in [3.8, 4) is 22.3 Å². The van der Waals surface area contributed by atoms with Gasteiger partial charge in [0.2, 0.25) is 0 Å². The van der Waals surface area contributed by atoms with E-state index in [4.69, 9.17) is 4.99 Å². The number of aromatic nitrogens is 1. The molecular weight excluding hydrogens is 677 g/mol. The lowest BCUT2D eigenvalue weighted by Gasteiger charge is -2.26. The predicted molar refractivity (Wildman–Crippen MR) is 236 cm³/mol.